The van der Waals surface area contributed by atoms with Crippen LogP contribution in [0, 0.1) is 11.6 Å². The average molecular weight is 451 g/mol. The zero-order valence-corrected chi connectivity index (χ0v) is 18.7. The molecule has 4 rings (SSSR count). The van der Waals surface area contributed by atoms with Crippen LogP contribution >= 0.6 is 0 Å². The maximum Gasteiger partial charge on any atom is 0.223 e. The fourth-order valence-corrected chi connectivity index (χ4v) is 4.88. The first kappa shape index (κ1) is 23.1. The zero-order valence-electron chi connectivity index (χ0n) is 18.7. The van der Waals surface area contributed by atoms with Crippen LogP contribution in [0.4, 0.5) is 8.78 Å². The van der Waals surface area contributed by atoms with Crippen LogP contribution in [0.25, 0.3) is 11.1 Å². The van der Waals surface area contributed by atoms with E-state index in [0.29, 0.717) is 31.4 Å². The van der Waals surface area contributed by atoms with Gasteiger partial charge in [0.05, 0.1) is 12.2 Å². The highest BCUT2D eigenvalue weighted by atomic mass is 19.1. The third-order valence-corrected chi connectivity index (χ3v) is 6.81. The van der Waals surface area contributed by atoms with Crippen molar-refractivity contribution in [3.8, 4) is 11.1 Å². The van der Waals surface area contributed by atoms with Gasteiger partial charge in [-0.15, -0.1) is 0 Å². The van der Waals surface area contributed by atoms with Crippen LogP contribution in [0.2, 0.25) is 0 Å². The summed E-state index contributed by atoms with van der Waals surface area (Å²) in [7, 11) is 0. The van der Waals surface area contributed by atoms with Crippen LogP contribution in [0.15, 0.2) is 67.0 Å². The number of nitrogens with zero attached hydrogens (tertiary/aromatic N) is 2. The van der Waals surface area contributed by atoms with E-state index in [0.717, 1.165) is 23.1 Å². The lowest BCUT2D eigenvalue weighted by Crippen LogP contribution is -2.47. The number of carbonyl (C=O) groups excluding carboxylic acids is 1. The fraction of sp³-hybridized carbons (Fsp3) is 0.333. The Morgan fingerprint density at radius 3 is 2.39 bits per heavy atom. The number of aromatic nitrogens is 1. The lowest BCUT2D eigenvalue weighted by atomic mass is 9.69. The number of hydrogen-bond acceptors (Lipinski definition) is 3. The summed E-state index contributed by atoms with van der Waals surface area (Å²) in [5.74, 6) is -0.630. The van der Waals surface area contributed by atoms with Gasteiger partial charge in [-0.1, -0.05) is 36.4 Å². The van der Waals surface area contributed by atoms with E-state index in [-0.39, 0.29) is 30.2 Å². The number of halogens is 2. The van der Waals surface area contributed by atoms with E-state index in [1.165, 1.54) is 24.4 Å². The Balaban J connectivity index is 1.51. The first-order valence-electron chi connectivity index (χ1n) is 11.3. The van der Waals surface area contributed by atoms with Gasteiger partial charge < -0.3 is 10.0 Å². The molecule has 0 saturated carbocycles. The first-order chi connectivity index (χ1) is 15.9. The Bertz CT molecular complexity index is 1100. The van der Waals surface area contributed by atoms with Crippen molar-refractivity contribution >= 4 is 5.91 Å². The highest BCUT2D eigenvalue weighted by molar-refractivity contribution is 5.79. The lowest BCUT2D eigenvalue weighted by Gasteiger charge is -2.44. The normalized spacial score (nSPS) is 19.5. The fourth-order valence-electron chi connectivity index (χ4n) is 4.88. The molecule has 0 spiro atoms. The molecule has 1 N–H and O–H groups in total. The zero-order chi connectivity index (χ0) is 23.4. The molecule has 0 radical (unpaired) electrons. The number of hydrogen-bond donors (Lipinski definition) is 1. The van der Waals surface area contributed by atoms with E-state index in [2.05, 4.69) is 4.98 Å². The van der Waals surface area contributed by atoms with Crippen molar-refractivity contribution in [2.45, 2.75) is 44.1 Å². The summed E-state index contributed by atoms with van der Waals surface area (Å²) in [5.41, 5.74) is 3.13. The summed E-state index contributed by atoms with van der Waals surface area (Å²) in [6.07, 6.45) is 5.15. The van der Waals surface area contributed by atoms with Gasteiger partial charge in [0.1, 0.15) is 11.6 Å². The standard InChI is InChI=1S/C27H28F2N2O2/c1-19(20-3-5-21(6-4-20)22-15-25(29)18-30-17-22)31-13-12-27(11-2-14-32,16-26(31)33)23-7-9-24(28)10-8-23/h3-10,15,17-19,32H,2,11-14,16H2,1H3/t19-,27?/m0/s1. The third kappa shape index (κ3) is 4.96. The van der Waals surface area contributed by atoms with Gasteiger partial charge in [-0.25, -0.2) is 8.78 Å². The molecule has 1 saturated heterocycles. The van der Waals surface area contributed by atoms with E-state index >= 15 is 0 Å². The summed E-state index contributed by atoms with van der Waals surface area (Å²) in [4.78, 5) is 19.1. The molecular formula is C27H28F2N2O2. The molecule has 4 nitrogen and oxygen atoms in total. The van der Waals surface area contributed by atoms with Crippen LogP contribution in [0.3, 0.4) is 0 Å². The largest absolute Gasteiger partial charge is 0.396 e. The maximum atomic E-state index is 13.5. The highest BCUT2D eigenvalue weighted by Crippen LogP contribution is 2.42. The van der Waals surface area contributed by atoms with Gasteiger partial charge >= 0.3 is 0 Å². The minimum Gasteiger partial charge on any atom is -0.396 e. The third-order valence-electron chi connectivity index (χ3n) is 6.81. The molecule has 172 valence electrons. The SMILES string of the molecule is C[C@@H](c1ccc(-c2cncc(F)c2)cc1)N1CCC(CCCO)(c2ccc(F)cc2)CC1=O. The van der Waals surface area contributed by atoms with Gasteiger partial charge in [0, 0.05) is 36.7 Å². The van der Waals surface area contributed by atoms with Crippen molar-refractivity contribution in [3.63, 3.8) is 0 Å². The molecule has 33 heavy (non-hydrogen) atoms. The predicted octanol–water partition coefficient (Wildman–Crippen LogP) is 5.42. The number of likely N-dealkylation sites (tertiary alicyclic amines) is 1. The number of rotatable bonds is 7. The Kier molecular flexibility index (Phi) is 6.84. The smallest absolute Gasteiger partial charge is 0.223 e. The summed E-state index contributed by atoms with van der Waals surface area (Å²) in [5, 5.41) is 9.40. The van der Waals surface area contributed by atoms with E-state index in [1.54, 1.807) is 18.3 Å². The molecule has 2 aromatic carbocycles. The minimum atomic E-state index is -0.391. The molecular weight excluding hydrogens is 422 g/mol. The molecule has 1 fully saturated rings. The Hall–Kier alpha value is -3.12. The van der Waals surface area contributed by atoms with Crippen LogP contribution in [0.1, 0.15) is 49.8 Å². The second kappa shape index (κ2) is 9.79. The van der Waals surface area contributed by atoms with Gasteiger partial charge in [-0.05, 0) is 61.1 Å². The first-order valence-corrected chi connectivity index (χ1v) is 11.3. The molecule has 0 bridgehead atoms. The average Bonchev–Trinajstić information content (AvgIpc) is 2.83. The summed E-state index contributed by atoms with van der Waals surface area (Å²) >= 11 is 0. The predicted molar refractivity (Wildman–Crippen MR) is 123 cm³/mol. The number of pyridine rings is 1. The summed E-state index contributed by atoms with van der Waals surface area (Å²) < 4.78 is 27.0. The molecule has 1 unspecified atom stereocenters. The molecule has 2 atom stereocenters. The number of aliphatic hydroxyl groups is 1. The van der Waals surface area contributed by atoms with E-state index in [4.69, 9.17) is 0 Å². The van der Waals surface area contributed by atoms with Gasteiger partial charge in [0.2, 0.25) is 5.91 Å². The van der Waals surface area contributed by atoms with Gasteiger partial charge in [0.15, 0.2) is 0 Å². The molecule has 0 aliphatic carbocycles. The van der Waals surface area contributed by atoms with E-state index in [1.807, 2.05) is 36.1 Å². The number of amides is 1. The molecule has 6 heteroatoms. The second-order valence-electron chi connectivity index (χ2n) is 8.82. The highest BCUT2D eigenvalue weighted by Gasteiger charge is 2.41. The van der Waals surface area contributed by atoms with Crippen molar-refractivity contribution in [2.24, 2.45) is 0 Å². The van der Waals surface area contributed by atoms with Crippen LogP contribution in [-0.2, 0) is 10.2 Å². The van der Waals surface area contributed by atoms with Crippen LogP contribution in [0.5, 0.6) is 0 Å². The molecule has 1 amide bonds. The van der Waals surface area contributed by atoms with Crippen molar-refractivity contribution in [1.29, 1.82) is 0 Å². The van der Waals surface area contributed by atoms with Gasteiger partial charge in [0.25, 0.3) is 0 Å². The second-order valence-corrected chi connectivity index (χ2v) is 8.82. The van der Waals surface area contributed by atoms with E-state index < -0.39 is 5.41 Å². The number of aliphatic hydroxyl groups excluding tert-OH is 1. The van der Waals surface area contributed by atoms with Crippen molar-refractivity contribution in [3.05, 3.63) is 89.8 Å². The number of benzene rings is 2. The van der Waals surface area contributed by atoms with Gasteiger partial charge in [-0.3, -0.25) is 9.78 Å². The molecule has 1 aliphatic rings. The summed E-state index contributed by atoms with van der Waals surface area (Å²) in [6, 6.07) is 15.5. The molecule has 3 aromatic rings. The van der Waals surface area contributed by atoms with Crippen LogP contribution in [-0.4, -0.2) is 34.0 Å². The lowest BCUT2D eigenvalue weighted by molar-refractivity contribution is -0.138. The number of carbonyl (C=O) groups is 1. The van der Waals surface area contributed by atoms with Crippen molar-refractivity contribution in [2.75, 3.05) is 13.2 Å². The van der Waals surface area contributed by atoms with Crippen LogP contribution < -0.4 is 0 Å². The maximum absolute atomic E-state index is 13.5. The van der Waals surface area contributed by atoms with Crippen molar-refractivity contribution < 1.29 is 18.7 Å². The van der Waals surface area contributed by atoms with Gasteiger partial charge in [-0.2, -0.15) is 0 Å². The van der Waals surface area contributed by atoms with E-state index in [9.17, 15) is 18.7 Å². The van der Waals surface area contributed by atoms with Crippen molar-refractivity contribution in [1.82, 2.24) is 9.88 Å². The molecule has 1 aliphatic heterocycles. The number of piperidine rings is 1. The summed E-state index contributed by atoms with van der Waals surface area (Å²) in [6.45, 7) is 2.65. The Morgan fingerprint density at radius 1 is 1.03 bits per heavy atom. The monoisotopic (exact) mass is 450 g/mol. The molecule has 1 aromatic heterocycles. The molecule has 2 heterocycles. The Labute approximate surface area is 192 Å². The topological polar surface area (TPSA) is 53.4 Å². The Morgan fingerprint density at radius 2 is 1.76 bits per heavy atom. The quantitative estimate of drug-likeness (QED) is 0.523. The minimum absolute atomic E-state index is 0.0504.